The largest absolute Gasteiger partial charge is 0.439 e. The number of rotatable bonds is 1. The van der Waals surface area contributed by atoms with E-state index >= 15 is 0 Å². The molecule has 0 amide bonds. The van der Waals surface area contributed by atoms with Gasteiger partial charge in [-0.05, 0) is 28.5 Å². The zero-order valence-corrected chi connectivity index (χ0v) is 14.7. The fourth-order valence-corrected chi connectivity index (χ4v) is 3.88. The third-order valence-electron chi connectivity index (χ3n) is 5.11. The van der Waals surface area contributed by atoms with Gasteiger partial charge in [0.05, 0.1) is 16.9 Å². The molecule has 2 heterocycles. The van der Waals surface area contributed by atoms with Crippen molar-refractivity contribution >= 4 is 21.7 Å². The number of para-hydroxylation sites is 1. The van der Waals surface area contributed by atoms with Gasteiger partial charge in [0.2, 0.25) is 5.88 Å². The van der Waals surface area contributed by atoms with Crippen LogP contribution in [-0.4, -0.2) is 0 Å². The van der Waals surface area contributed by atoms with E-state index in [-0.39, 0.29) is 11.5 Å². The van der Waals surface area contributed by atoms with Crippen LogP contribution in [0.15, 0.2) is 87.4 Å². The fourth-order valence-electron chi connectivity index (χ4n) is 3.88. The molecule has 134 valence electrons. The van der Waals surface area contributed by atoms with E-state index in [1.165, 1.54) is 0 Å². The molecule has 1 atom stereocenters. The van der Waals surface area contributed by atoms with Crippen LogP contribution in [0.4, 0.5) is 0 Å². The Morgan fingerprint density at radius 2 is 1.64 bits per heavy atom. The van der Waals surface area contributed by atoms with E-state index in [4.69, 9.17) is 14.9 Å². The van der Waals surface area contributed by atoms with E-state index in [1.807, 2.05) is 54.6 Å². The number of nitrogens with two attached hydrogens (primary N) is 1. The van der Waals surface area contributed by atoms with Gasteiger partial charge in [0.1, 0.15) is 17.2 Å². The molecule has 2 N–H and O–H groups in total. The Bertz CT molecular complexity index is 1390. The van der Waals surface area contributed by atoms with E-state index in [0.29, 0.717) is 22.3 Å². The van der Waals surface area contributed by atoms with Gasteiger partial charge in [0.15, 0.2) is 5.75 Å². The van der Waals surface area contributed by atoms with Crippen molar-refractivity contribution in [2.45, 2.75) is 5.92 Å². The Balaban J connectivity index is 1.92. The van der Waals surface area contributed by atoms with Crippen LogP contribution in [0.2, 0.25) is 0 Å². The molecule has 0 radical (unpaired) electrons. The number of nitrogens with zero attached hydrogens (tertiary/aromatic N) is 1. The topological polar surface area (TPSA) is 89.3 Å². The number of benzene rings is 3. The maximum atomic E-state index is 12.9. The first kappa shape index (κ1) is 16.2. The number of hydrogen-bond acceptors (Lipinski definition) is 5. The number of allylic oxidation sites excluding steroid dienone is 1. The van der Waals surface area contributed by atoms with Gasteiger partial charge in [-0.15, -0.1) is 0 Å². The Morgan fingerprint density at radius 3 is 2.46 bits per heavy atom. The lowest BCUT2D eigenvalue weighted by atomic mass is 9.81. The highest BCUT2D eigenvalue weighted by molar-refractivity contribution is 5.90. The Hall–Kier alpha value is -4.04. The summed E-state index contributed by atoms with van der Waals surface area (Å²) in [5.41, 5.74) is 7.30. The summed E-state index contributed by atoms with van der Waals surface area (Å²) in [6.45, 7) is 0. The van der Waals surface area contributed by atoms with E-state index in [2.05, 4.69) is 6.07 Å². The SMILES string of the molecule is N#CC1=C(N)Oc2c(c(=O)oc3ccccc23)[C@H]1c1cccc2ccccc12. The van der Waals surface area contributed by atoms with Crippen molar-refractivity contribution in [1.29, 1.82) is 5.26 Å². The molecule has 0 fully saturated rings. The molecular formula is C23H14N2O3. The first-order valence-electron chi connectivity index (χ1n) is 8.80. The maximum absolute atomic E-state index is 12.9. The van der Waals surface area contributed by atoms with Crippen molar-refractivity contribution in [2.24, 2.45) is 5.73 Å². The highest BCUT2D eigenvalue weighted by Gasteiger charge is 2.36. The predicted molar refractivity (Wildman–Crippen MR) is 106 cm³/mol. The Morgan fingerprint density at radius 1 is 0.929 bits per heavy atom. The molecule has 4 aromatic rings. The molecule has 5 nitrogen and oxygen atoms in total. The molecule has 1 aliphatic heterocycles. The van der Waals surface area contributed by atoms with Crippen LogP contribution < -0.4 is 16.1 Å². The monoisotopic (exact) mass is 366 g/mol. The van der Waals surface area contributed by atoms with Gasteiger partial charge < -0.3 is 14.9 Å². The normalized spacial score (nSPS) is 15.9. The molecule has 0 spiro atoms. The molecule has 1 aromatic heterocycles. The maximum Gasteiger partial charge on any atom is 0.344 e. The zero-order valence-electron chi connectivity index (χ0n) is 14.7. The number of nitriles is 1. The lowest BCUT2D eigenvalue weighted by Gasteiger charge is -2.26. The zero-order chi connectivity index (χ0) is 19.3. The summed E-state index contributed by atoms with van der Waals surface area (Å²) < 4.78 is 11.3. The average Bonchev–Trinajstić information content (AvgIpc) is 2.72. The van der Waals surface area contributed by atoms with Gasteiger partial charge in [-0.3, -0.25) is 0 Å². The van der Waals surface area contributed by atoms with Gasteiger partial charge in [0, 0.05) is 0 Å². The second-order valence-corrected chi connectivity index (χ2v) is 6.62. The second-order valence-electron chi connectivity index (χ2n) is 6.62. The number of fused-ring (bicyclic) bond motifs is 4. The van der Waals surface area contributed by atoms with Crippen molar-refractivity contribution < 1.29 is 9.15 Å². The van der Waals surface area contributed by atoms with Crippen LogP contribution in [-0.2, 0) is 0 Å². The van der Waals surface area contributed by atoms with Gasteiger partial charge in [0.25, 0.3) is 0 Å². The van der Waals surface area contributed by atoms with Gasteiger partial charge in [-0.2, -0.15) is 5.26 Å². The summed E-state index contributed by atoms with van der Waals surface area (Å²) in [5, 5.41) is 12.4. The summed E-state index contributed by atoms with van der Waals surface area (Å²) in [6, 6.07) is 22.9. The van der Waals surface area contributed by atoms with Crippen LogP contribution in [0, 0.1) is 11.3 Å². The van der Waals surface area contributed by atoms with Crippen molar-refractivity contribution in [1.82, 2.24) is 0 Å². The van der Waals surface area contributed by atoms with Crippen LogP contribution in [0.5, 0.6) is 5.75 Å². The van der Waals surface area contributed by atoms with Gasteiger partial charge in [-0.25, -0.2) is 4.79 Å². The molecule has 5 heteroatoms. The molecule has 0 unspecified atom stereocenters. The molecule has 0 bridgehead atoms. The highest BCUT2D eigenvalue weighted by atomic mass is 16.5. The van der Waals surface area contributed by atoms with Gasteiger partial charge >= 0.3 is 5.63 Å². The summed E-state index contributed by atoms with van der Waals surface area (Å²) in [6.07, 6.45) is 0. The summed E-state index contributed by atoms with van der Waals surface area (Å²) in [5.74, 6) is -0.314. The van der Waals surface area contributed by atoms with Crippen molar-refractivity contribution in [3.63, 3.8) is 0 Å². The lowest BCUT2D eigenvalue weighted by molar-refractivity contribution is 0.388. The molecule has 3 aromatic carbocycles. The average molecular weight is 366 g/mol. The van der Waals surface area contributed by atoms with Crippen molar-refractivity contribution in [3.05, 3.63) is 99.7 Å². The Labute approximate surface area is 159 Å². The minimum atomic E-state index is -0.666. The molecule has 1 aliphatic rings. The van der Waals surface area contributed by atoms with Crippen LogP contribution in [0.25, 0.3) is 21.7 Å². The van der Waals surface area contributed by atoms with E-state index in [0.717, 1.165) is 16.3 Å². The molecule has 5 rings (SSSR count). The lowest BCUT2D eigenvalue weighted by Crippen LogP contribution is -2.26. The van der Waals surface area contributed by atoms with Crippen LogP contribution in [0.3, 0.4) is 0 Å². The van der Waals surface area contributed by atoms with E-state index in [1.54, 1.807) is 12.1 Å². The van der Waals surface area contributed by atoms with E-state index < -0.39 is 11.5 Å². The smallest absolute Gasteiger partial charge is 0.344 e. The Kier molecular flexibility index (Phi) is 3.46. The molecule has 0 saturated carbocycles. The first-order chi connectivity index (χ1) is 13.7. The first-order valence-corrected chi connectivity index (χ1v) is 8.80. The van der Waals surface area contributed by atoms with Crippen LogP contribution >= 0.6 is 0 Å². The molecule has 0 aliphatic carbocycles. The fraction of sp³-hybridized carbons (Fsp3) is 0.0435. The number of hydrogen-bond donors (Lipinski definition) is 1. The summed E-state index contributed by atoms with van der Waals surface area (Å²) in [7, 11) is 0. The minimum Gasteiger partial charge on any atom is -0.439 e. The standard InChI is InChI=1S/C23H14N2O3/c24-12-17-19(15-10-5-7-13-6-1-2-8-14(13)15)20-21(28-22(17)25)16-9-3-4-11-18(16)27-23(20)26/h1-11,19H,25H2/t19-/m0/s1. The van der Waals surface area contributed by atoms with Crippen molar-refractivity contribution in [2.75, 3.05) is 0 Å². The second kappa shape index (κ2) is 6.00. The van der Waals surface area contributed by atoms with E-state index in [9.17, 15) is 10.1 Å². The predicted octanol–water partition coefficient (Wildman–Crippen LogP) is 4.16. The number of ether oxygens (including phenoxy) is 1. The third-order valence-corrected chi connectivity index (χ3v) is 5.11. The van der Waals surface area contributed by atoms with Gasteiger partial charge in [-0.1, -0.05) is 54.6 Å². The summed E-state index contributed by atoms with van der Waals surface area (Å²) >= 11 is 0. The quantitative estimate of drug-likeness (QED) is 0.511. The summed E-state index contributed by atoms with van der Waals surface area (Å²) in [4.78, 5) is 12.9. The third kappa shape index (κ3) is 2.22. The molecule has 28 heavy (non-hydrogen) atoms. The minimum absolute atomic E-state index is 0.00341. The highest BCUT2D eigenvalue weighted by Crippen LogP contribution is 2.44. The van der Waals surface area contributed by atoms with Crippen LogP contribution in [0.1, 0.15) is 17.0 Å². The molecular weight excluding hydrogens is 352 g/mol. The van der Waals surface area contributed by atoms with Crippen molar-refractivity contribution in [3.8, 4) is 11.8 Å². The molecule has 0 saturated heterocycles.